The van der Waals surface area contributed by atoms with Crippen molar-refractivity contribution in [3.63, 3.8) is 0 Å². The second-order valence-electron chi connectivity index (χ2n) is 5.46. The summed E-state index contributed by atoms with van der Waals surface area (Å²) in [5.74, 6) is -1.18. The number of ether oxygens (including phenoxy) is 1. The van der Waals surface area contributed by atoms with Gasteiger partial charge in [-0.2, -0.15) is 0 Å². The number of rotatable bonds is 9. The van der Waals surface area contributed by atoms with Gasteiger partial charge in [0.25, 0.3) is 5.56 Å². The maximum absolute atomic E-state index is 12.4. The van der Waals surface area contributed by atoms with E-state index in [4.69, 9.17) is 4.74 Å². The smallest absolute Gasteiger partial charge is 0.748 e. The van der Waals surface area contributed by atoms with Gasteiger partial charge in [0.15, 0.2) is 0 Å². The van der Waals surface area contributed by atoms with E-state index in [2.05, 4.69) is 5.10 Å². The molecule has 0 N–H and O–H groups in total. The van der Waals surface area contributed by atoms with Crippen LogP contribution in [-0.4, -0.2) is 53.8 Å². The van der Waals surface area contributed by atoms with Gasteiger partial charge in [0.2, 0.25) is 5.88 Å². The van der Waals surface area contributed by atoms with E-state index in [-0.39, 0.29) is 96.4 Å². The van der Waals surface area contributed by atoms with Crippen molar-refractivity contribution in [1.29, 1.82) is 0 Å². The number of aromatic nitrogens is 2. The average Bonchev–Trinajstić information content (AvgIpc) is 2.53. The fourth-order valence-corrected chi connectivity index (χ4v) is 3.21. The fourth-order valence-electron chi connectivity index (χ4n) is 2.26. The Morgan fingerprint density at radius 3 is 2.04 bits per heavy atom. The van der Waals surface area contributed by atoms with E-state index in [1.807, 2.05) is 0 Å². The summed E-state index contributed by atoms with van der Waals surface area (Å²) in [6, 6.07) is 6.42. The van der Waals surface area contributed by atoms with E-state index in [1.54, 1.807) is 18.2 Å². The minimum Gasteiger partial charge on any atom is -0.748 e. The zero-order chi connectivity index (χ0) is 19.4. The van der Waals surface area contributed by atoms with Crippen molar-refractivity contribution in [2.75, 3.05) is 18.1 Å². The fraction of sp³-hybridized carbons (Fsp3) is 0.429. The van der Waals surface area contributed by atoms with Crippen molar-refractivity contribution in [1.82, 2.24) is 9.78 Å². The molecule has 0 bridgehead atoms. The molecule has 0 atom stereocenters. The SMILES string of the molecule is O=c1c2ccccc2c(OCCCS(=O)(=O)[O-])nn1CCCS(=O)(=O)[O-].[Na+].[Na+]. The molecule has 0 unspecified atom stereocenters. The summed E-state index contributed by atoms with van der Waals surface area (Å²) in [6.07, 6.45) is -0.139. The molecular formula is C14H16N2Na2O8S2. The van der Waals surface area contributed by atoms with E-state index in [0.717, 1.165) is 4.68 Å². The summed E-state index contributed by atoms with van der Waals surface area (Å²) in [5.41, 5.74) is -0.474. The van der Waals surface area contributed by atoms with Crippen LogP contribution in [0.3, 0.4) is 0 Å². The molecule has 10 nitrogen and oxygen atoms in total. The van der Waals surface area contributed by atoms with E-state index in [0.29, 0.717) is 5.39 Å². The molecule has 0 saturated heterocycles. The van der Waals surface area contributed by atoms with Crippen molar-refractivity contribution in [2.24, 2.45) is 0 Å². The topological polar surface area (TPSA) is 159 Å². The van der Waals surface area contributed by atoms with Crippen LogP contribution in [0.25, 0.3) is 10.8 Å². The Morgan fingerprint density at radius 2 is 1.46 bits per heavy atom. The maximum Gasteiger partial charge on any atom is 1.00 e. The van der Waals surface area contributed by atoms with E-state index >= 15 is 0 Å². The molecule has 144 valence electrons. The third kappa shape index (κ3) is 9.20. The van der Waals surface area contributed by atoms with Gasteiger partial charge in [0.1, 0.15) is 0 Å². The predicted octanol–water partition coefficient (Wildman–Crippen LogP) is -6.35. The molecule has 1 aromatic heterocycles. The van der Waals surface area contributed by atoms with Crippen LogP contribution in [0.5, 0.6) is 5.88 Å². The number of fused-ring (bicyclic) bond motifs is 1. The molecule has 28 heavy (non-hydrogen) atoms. The van der Waals surface area contributed by atoms with E-state index in [1.165, 1.54) is 6.07 Å². The van der Waals surface area contributed by atoms with Crippen LogP contribution in [0.15, 0.2) is 29.1 Å². The molecule has 0 spiro atoms. The van der Waals surface area contributed by atoms with Crippen LogP contribution in [0.4, 0.5) is 0 Å². The number of nitrogens with zero attached hydrogens (tertiary/aromatic N) is 2. The van der Waals surface area contributed by atoms with Crippen molar-refractivity contribution in [2.45, 2.75) is 19.4 Å². The van der Waals surface area contributed by atoms with Gasteiger partial charge in [-0.15, -0.1) is 5.10 Å². The Bertz CT molecular complexity index is 1050. The molecule has 1 heterocycles. The second kappa shape index (κ2) is 12.0. The van der Waals surface area contributed by atoms with Gasteiger partial charge < -0.3 is 13.8 Å². The monoisotopic (exact) mass is 450 g/mol. The summed E-state index contributed by atoms with van der Waals surface area (Å²) in [6.45, 7) is -0.206. The normalized spacial score (nSPS) is 11.5. The zero-order valence-electron chi connectivity index (χ0n) is 15.5. The first-order chi connectivity index (χ1) is 12.1. The molecule has 2 aromatic rings. The van der Waals surface area contributed by atoms with Crippen LogP contribution >= 0.6 is 0 Å². The molecule has 0 radical (unpaired) electrons. The minimum absolute atomic E-state index is 0. The average molecular weight is 450 g/mol. The zero-order valence-corrected chi connectivity index (χ0v) is 21.2. The first kappa shape index (κ1) is 28.0. The van der Waals surface area contributed by atoms with Crippen LogP contribution in [0.2, 0.25) is 0 Å². The Hall–Kier alpha value is -0.0200. The standard InChI is InChI=1S/C14H18N2O8S2.2Na/c17-14-12-6-2-1-5-11(12)13(24-8-4-10-26(21,22)23)15-16(14)7-3-9-25(18,19)20;;/h1-2,5-6H,3-4,7-10H2,(H,18,19,20)(H,21,22,23);;/q;2*+1/p-2. The Morgan fingerprint density at radius 1 is 0.929 bits per heavy atom. The van der Waals surface area contributed by atoms with Gasteiger partial charge in [0.05, 0.1) is 37.6 Å². The van der Waals surface area contributed by atoms with Crippen LogP contribution < -0.4 is 69.4 Å². The van der Waals surface area contributed by atoms with Crippen molar-refractivity contribution >= 4 is 31.0 Å². The Kier molecular flexibility index (Phi) is 12.0. The number of hydrogen-bond acceptors (Lipinski definition) is 9. The van der Waals surface area contributed by atoms with Crippen molar-refractivity contribution in [3.05, 3.63) is 34.6 Å². The number of aryl methyl sites for hydroxylation is 1. The molecule has 14 heteroatoms. The van der Waals surface area contributed by atoms with Crippen LogP contribution in [-0.2, 0) is 26.8 Å². The summed E-state index contributed by atoms with van der Waals surface area (Å²) in [7, 11) is -8.76. The molecule has 0 amide bonds. The van der Waals surface area contributed by atoms with Crippen LogP contribution in [0, 0.1) is 0 Å². The van der Waals surface area contributed by atoms with Gasteiger partial charge in [-0.25, -0.2) is 21.5 Å². The van der Waals surface area contributed by atoms with Gasteiger partial charge in [-0.3, -0.25) is 4.79 Å². The first-order valence-corrected chi connectivity index (χ1v) is 10.7. The molecule has 2 rings (SSSR count). The number of hydrogen-bond donors (Lipinski definition) is 0. The number of benzene rings is 1. The third-order valence-corrected chi connectivity index (χ3v) is 4.95. The molecular weight excluding hydrogens is 434 g/mol. The summed E-state index contributed by atoms with van der Waals surface area (Å²) >= 11 is 0. The quantitative estimate of drug-likeness (QED) is 0.206. The van der Waals surface area contributed by atoms with Gasteiger partial charge >= 0.3 is 59.1 Å². The van der Waals surface area contributed by atoms with Gasteiger partial charge in [-0.05, 0) is 25.0 Å². The van der Waals surface area contributed by atoms with Gasteiger partial charge in [-0.1, -0.05) is 12.1 Å². The molecule has 1 aromatic carbocycles. The van der Waals surface area contributed by atoms with Crippen molar-refractivity contribution < 1.29 is 89.8 Å². The summed E-state index contributed by atoms with van der Waals surface area (Å²) in [5, 5.41) is 4.69. The molecule has 0 aliphatic rings. The minimum atomic E-state index is -4.40. The predicted molar refractivity (Wildman–Crippen MR) is 89.9 cm³/mol. The van der Waals surface area contributed by atoms with Gasteiger partial charge in [0, 0.05) is 18.1 Å². The maximum atomic E-state index is 12.4. The molecule has 0 saturated carbocycles. The Balaban J connectivity index is 0.00000364. The first-order valence-electron chi connectivity index (χ1n) is 7.57. The third-order valence-electron chi connectivity index (χ3n) is 3.38. The van der Waals surface area contributed by atoms with E-state index in [9.17, 15) is 30.7 Å². The summed E-state index contributed by atoms with van der Waals surface area (Å²) in [4.78, 5) is 12.4. The van der Waals surface area contributed by atoms with E-state index < -0.39 is 37.3 Å². The Labute approximate surface area is 206 Å². The molecule has 0 aliphatic heterocycles. The summed E-state index contributed by atoms with van der Waals surface area (Å²) < 4.78 is 70.3. The molecule has 0 aliphatic carbocycles. The second-order valence-corrected chi connectivity index (χ2v) is 8.51. The largest absolute Gasteiger partial charge is 1.00 e. The molecule has 0 fully saturated rings. The van der Waals surface area contributed by atoms with Crippen molar-refractivity contribution in [3.8, 4) is 5.88 Å². The van der Waals surface area contributed by atoms with Crippen LogP contribution in [0.1, 0.15) is 12.8 Å².